The first-order chi connectivity index (χ1) is 13.2. The van der Waals surface area contributed by atoms with Crippen LogP contribution in [0.5, 0.6) is 0 Å². The summed E-state index contributed by atoms with van der Waals surface area (Å²) in [4.78, 5) is 19.4. The zero-order valence-electron chi connectivity index (χ0n) is 15.8. The maximum absolute atomic E-state index is 13.3. The minimum atomic E-state index is -0.0168. The van der Waals surface area contributed by atoms with Crippen LogP contribution in [-0.2, 0) is 6.54 Å². The number of carbonyl (C=O) groups is 1. The van der Waals surface area contributed by atoms with E-state index in [4.69, 9.17) is 0 Å². The summed E-state index contributed by atoms with van der Waals surface area (Å²) >= 11 is 0. The Hall–Kier alpha value is -2.70. The van der Waals surface area contributed by atoms with Gasteiger partial charge in [-0.25, -0.2) is 0 Å². The second-order valence-corrected chi connectivity index (χ2v) is 6.79. The van der Waals surface area contributed by atoms with E-state index in [9.17, 15) is 4.79 Å². The lowest BCUT2D eigenvalue weighted by Crippen LogP contribution is -2.48. The van der Waals surface area contributed by atoms with E-state index in [-0.39, 0.29) is 24.4 Å². The fourth-order valence-corrected chi connectivity index (χ4v) is 3.55. The van der Waals surface area contributed by atoms with E-state index in [2.05, 4.69) is 27.5 Å². The van der Waals surface area contributed by atoms with Crippen LogP contribution >= 0.6 is 12.4 Å². The average molecular weight is 398 g/mol. The van der Waals surface area contributed by atoms with Crippen molar-refractivity contribution in [3.63, 3.8) is 0 Å². The second-order valence-electron chi connectivity index (χ2n) is 6.79. The third-order valence-corrected chi connectivity index (χ3v) is 5.08. The standard InChI is InChI=1S/C21H23N5O.ClH/c1-16-19(13-24-26(16)15-17-6-3-2-4-7-17)21(27)25-11-10-23-14-20(25)18-8-5-9-22-12-18;/h2-9,12-13,20,23H,10-11,14-15H2,1H3;1H. The van der Waals surface area contributed by atoms with Crippen molar-refractivity contribution in [3.8, 4) is 0 Å². The Kier molecular flexibility index (Phi) is 6.44. The Balaban J connectivity index is 0.00000225. The Labute approximate surface area is 171 Å². The van der Waals surface area contributed by atoms with Gasteiger partial charge in [-0.15, -0.1) is 12.4 Å². The van der Waals surface area contributed by atoms with Gasteiger partial charge in [-0.05, 0) is 24.1 Å². The third-order valence-electron chi connectivity index (χ3n) is 5.08. The lowest BCUT2D eigenvalue weighted by molar-refractivity contribution is 0.0633. The van der Waals surface area contributed by atoms with Gasteiger partial charge in [0.2, 0.25) is 0 Å². The van der Waals surface area contributed by atoms with Gasteiger partial charge in [0.1, 0.15) is 0 Å². The zero-order chi connectivity index (χ0) is 18.6. The van der Waals surface area contributed by atoms with Gasteiger partial charge in [0.15, 0.2) is 0 Å². The van der Waals surface area contributed by atoms with Gasteiger partial charge in [0.25, 0.3) is 5.91 Å². The fraction of sp³-hybridized carbons (Fsp3) is 0.286. The van der Waals surface area contributed by atoms with Gasteiger partial charge < -0.3 is 10.2 Å². The molecule has 1 N–H and O–H groups in total. The van der Waals surface area contributed by atoms with E-state index in [1.54, 1.807) is 12.4 Å². The topological polar surface area (TPSA) is 63.1 Å². The summed E-state index contributed by atoms with van der Waals surface area (Å²) in [6.07, 6.45) is 5.29. The summed E-state index contributed by atoms with van der Waals surface area (Å²) in [6, 6.07) is 14.1. The molecule has 1 unspecified atom stereocenters. The van der Waals surface area contributed by atoms with Crippen LogP contribution in [-0.4, -0.2) is 45.2 Å². The Morgan fingerprint density at radius 2 is 2.00 bits per heavy atom. The summed E-state index contributed by atoms with van der Waals surface area (Å²) in [5, 5.41) is 7.85. The highest BCUT2D eigenvalue weighted by Gasteiger charge is 2.30. The summed E-state index contributed by atoms with van der Waals surface area (Å²) in [6.45, 7) is 4.81. The second kappa shape index (κ2) is 8.99. The molecular weight excluding hydrogens is 374 g/mol. The molecule has 4 rings (SSSR count). The number of amides is 1. The lowest BCUT2D eigenvalue weighted by atomic mass is 10.0. The predicted molar refractivity (Wildman–Crippen MR) is 111 cm³/mol. The van der Waals surface area contributed by atoms with E-state index in [1.807, 2.05) is 53.0 Å². The van der Waals surface area contributed by atoms with Gasteiger partial charge in [-0.2, -0.15) is 5.10 Å². The number of nitrogens with zero attached hydrogens (tertiary/aromatic N) is 4. The van der Waals surface area contributed by atoms with Crippen molar-refractivity contribution in [1.82, 2.24) is 25.0 Å². The van der Waals surface area contributed by atoms with Gasteiger partial charge in [-0.3, -0.25) is 14.5 Å². The molecule has 28 heavy (non-hydrogen) atoms. The van der Waals surface area contributed by atoms with Crippen molar-refractivity contribution >= 4 is 18.3 Å². The van der Waals surface area contributed by atoms with Gasteiger partial charge in [0, 0.05) is 37.7 Å². The number of piperazine rings is 1. The van der Waals surface area contributed by atoms with E-state index < -0.39 is 0 Å². The van der Waals surface area contributed by atoms with Gasteiger partial charge >= 0.3 is 0 Å². The van der Waals surface area contributed by atoms with Gasteiger partial charge in [-0.1, -0.05) is 36.4 Å². The van der Waals surface area contributed by atoms with Crippen molar-refractivity contribution < 1.29 is 4.79 Å². The summed E-state index contributed by atoms with van der Waals surface area (Å²) in [5.41, 5.74) is 3.78. The maximum Gasteiger partial charge on any atom is 0.257 e. The molecule has 2 aromatic heterocycles. The summed E-state index contributed by atoms with van der Waals surface area (Å²) in [5.74, 6) is 0.0298. The molecule has 1 atom stereocenters. The molecule has 1 amide bonds. The molecule has 0 radical (unpaired) electrons. The first kappa shape index (κ1) is 20.0. The first-order valence-corrected chi connectivity index (χ1v) is 9.22. The number of aromatic nitrogens is 3. The number of benzene rings is 1. The quantitative estimate of drug-likeness (QED) is 0.735. The molecule has 3 heterocycles. The molecule has 0 saturated carbocycles. The first-order valence-electron chi connectivity index (χ1n) is 9.22. The molecule has 6 nitrogen and oxygen atoms in total. The number of hydrogen-bond acceptors (Lipinski definition) is 4. The number of halogens is 1. The van der Waals surface area contributed by atoms with Crippen LogP contribution < -0.4 is 5.32 Å². The summed E-state index contributed by atoms with van der Waals surface area (Å²) < 4.78 is 1.89. The number of carbonyl (C=O) groups excluding carboxylic acids is 1. The van der Waals surface area contributed by atoms with Crippen molar-refractivity contribution in [2.45, 2.75) is 19.5 Å². The van der Waals surface area contributed by atoms with Crippen LogP contribution in [0.2, 0.25) is 0 Å². The molecule has 1 aromatic carbocycles. The smallest absolute Gasteiger partial charge is 0.257 e. The minimum Gasteiger partial charge on any atom is -0.329 e. The van der Waals surface area contributed by atoms with Crippen LogP contribution in [0.4, 0.5) is 0 Å². The van der Waals surface area contributed by atoms with Crippen LogP contribution in [0.1, 0.15) is 33.2 Å². The van der Waals surface area contributed by atoms with E-state index in [0.29, 0.717) is 18.7 Å². The monoisotopic (exact) mass is 397 g/mol. The molecule has 1 fully saturated rings. The maximum atomic E-state index is 13.3. The minimum absolute atomic E-state index is 0. The van der Waals surface area contributed by atoms with Crippen LogP contribution in [0.15, 0.2) is 61.1 Å². The molecule has 1 saturated heterocycles. The predicted octanol–water partition coefficient (Wildman–Crippen LogP) is 2.84. The van der Waals surface area contributed by atoms with Crippen molar-refractivity contribution in [2.24, 2.45) is 0 Å². The van der Waals surface area contributed by atoms with Crippen molar-refractivity contribution in [3.05, 3.63) is 83.4 Å². The van der Waals surface area contributed by atoms with E-state index >= 15 is 0 Å². The number of nitrogens with one attached hydrogen (secondary N) is 1. The normalized spacial score (nSPS) is 16.5. The highest BCUT2D eigenvalue weighted by Crippen LogP contribution is 2.24. The number of pyridine rings is 1. The molecular formula is C21H24ClN5O. The van der Waals surface area contributed by atoms with Crippen LogP contribution in [0, 0.1) is 6.92 Å². The van der Waals surface area contributed by atoms with Gasteiger partial charge in [0.05, 0.1) is 24.3 Å². The highest BCUT2D eigenvalue weighted by molar-refractivity contribution is 5.95. The molecule has 7 heteroatoms. The Bertz CT molecular complexity index is 913. The molecule has 146 valence electrons. The molecule has 1 aliphatic heterocycles. The largest absolute Gasteiger partial charge is 0.329 e. The van der Waals surface area contributed by atoms with Crippen molar-refractivity contribution in [2.75, 3.05) is 19.6 Å². The Morgan fingerprint density at radius 3 is 2.75 bits per heavy atom. The summed E-state index contributed by atoms with van der Waals surface area (Å²) in [7, 11) is 0. The van der Waals surface area contributed by atoms with E-state index in [1.165, 1.54) is 0 Å². The van der Waals surface area contributed by atoms with E-state index in [0.717, 1.165) is 29.9 Å². The highest BCUT2D eigenvalue weighted by atomic mass is 35.5. The Morgan fingerprint density at radius 1 is 1.18 bits per heavy atom. The molecule has 3 aromatic rings. The molecule has 0 bridgehead atoms. The van der Waals surface area contributed by atoms with Crippen molar-refractivity contribution in [1.29, 1.82) is 0 Å². The number of rotatable bonds is 4. The zero-order valence-corrected chi connectivity index (χ0v) is 16.6. The lowest BCUT2D eigenvalue weighted by Gasteiger charge is -2.36. The molecule has 1 aliphatic rings. The number of hydrogen-bond donors (Lipinski definition) is 1. The fourth-order valence-electron chi connectivity index (χ4n) is 3.55. The third kappa shape index (κ3) is 4.08. The molecule has 0 aliphatic carbocycles. The SMILES string of the molecule is Cc1c(C(=O)N2CCNCC2c2cccnc2)cnn1Cc1ccccc1.Cl. The molecule has 0 spiro atoms. The average Bonchev–Trinajstić information content (AvgIpc) is 3.09. The van der Waals surface area contributed by atoms with Crippen LogP contribution in [0.25, 0.3) is 0 Å². The van der Waals surface area contributed by atoms with Crippen LogP contribution in [0.3, 0.4) is 0 Å².